The largest absolute Gasteiger partial charge is 0.306 e. The van der Waals surface area contributed by atoms with E-state index < -0.39 is 11.6 Å². The summed E-state index contributed by atoms with van der Waals surface area (Å²) in [6.07, 6.45) is 4.09. The molecule has 4 rings (SSSR count). The average Bonchev–Trinajstić information content (AvgIpc) is 3.15. The van der Waals surface area contributed by atoms with Crippen LogP contribution in [0.4, 0.5) is 8.78 Å². The second-order valence-electron chi connectivity index (χ2n) is 7.70. The van der Waals surface area contributed by atoms with E-state index in [-0.39, 0.29) is 5.92 Å². The molecule has 0 spiro atoms. The van der Waals surface area contributed by atoms with Crippen molar-refractivity contribution in [3.63, 3.8) is 0 Å². The van der Waals surface area contributed by atoms with Crippen molar-refractivity contribution in [3.05, 3.63) is 95.8 Å². The van der Waals surface area contributed by atoms with Crippen molar-refractivity contribution in [2.24, 2.45) is 0 Å². The first-order valence-electron chi connectivity index (χ1n) is 9.84. The van der Waals surface area contributed by atoms with E-state index in [1.54, 1.807) is 6.07 Å². The van der Waals surface area contributed by atoms with Crippen molar-refractivity contribution in [1.82, 2.24) is 9.38 Å². The number of halogens is 2. The lowest BCUT2D eigenvalue weighted by molar-refractivity contribution is 0.506. The van der Waals surface area contributed by atoms with Crippen LogP contribution in [0.2, 0.25) is 0 Å². The van der Waals surface area contributed by atoms with E-state index in [0.717, 1.165) is 23.0 Å². The molecule has 2 nitrogen and oxygen atoms in total. The number of imidazole rings is 1. The maximum absolute atomic E-state index is 12.6. The van der Waals surface area contributed by atoms with Gasteiger partial charge in [0.05, 0.1) is 5.69 Å². The predicted molar refractivity (Wildman–Crippen MR) is 115 cm³/mol. The minimum absolute atomic E-state index is 0.241. The molecule has 4 heteroatoms. The molecule has 0 amide bonds. The van der Waals surface area contributed by atoms with Gasteiger partial charge < -0.3 is 4.40 Å². The van der Waals surface area contributed by atoms with E-state index in [4.69, 9.17) is 0 Å². The second kappa shape index (κ2) is 8.99. The van der Waals surface area contributed by atoms with E-state index in [2.05, 4.69) is 49.3 Å². The molecule has 0 aliphatic rings. The van der Waals surface area contributed by atoms with E-state index in [9.17, 15) is 8.78 Å². The Morgan fingerprint density at radius 3 is 2.00 bits per heavy atom. The Bertz CT molecular complexity index is 1050. The van der Waals surface area contributed by atoms with Gasteiger partial charge >= 0.3 is 0 Å². The molecule has 0 saturated heterocycles. The van der Waals surface area contributed by atoms with Gasteiger partial charge in [-0.15, -0.1) is 0 Å². The molecule has 0 radical (unpaired) electrons. The molecule has 2 aromatic heterocycles. The van der Waals surface area contributed by atoms with Crippen LogP contribution in [-0.2, 0) is 0 Å². The monoisotopic (exact) mass is 392 g/mol. The summed E-state index contributed by atoms with van der Waals surface area (Å²) in [7, 11) is 0. The summed E-state index contributed by atoms with van der Waals surface area (Å²) in [4.78, 5) is 4.62. The van der Waals surface area contributed by atoms with Crippen LogP contribution in [-0.4, -0.2) is 9.38 Å². The van der Waals surface area contributed by atoms with Crippen molar-refractivity contribution in [1.29, 1.82) is 0 Å². The van der Waals surface area contributed by atoms with E-state index in [0.29, 0.717) is 5.92 Å². The molecule has 0 aliphatic heterocycles. The number of nitrogens with zero attached hydrogens (tertiary/aromatic N) is 2. The molecule has 0 bridgehead atoms. The Labute approximate surface area is 170 Å². The molecular weight excluding hydrogens is 366 g/mol. The highest BCUT2D eigenvalue weighted by molar-refractivity contribution is 5.62. The summed E-state index contributed by atoms with van der Waals surface area (Å²) in [5.74, 6) is -0.740. The molecule has 2 heterocycles. The summed E-state index contributed by atoms with van der Waals surface area (Å²) in [5.41, 5.74) is 5.37. The van der Waals surface area contributed by atoms with Crippen molar-refractivity contribution >= 4 is 5.65 Å². The lowest BCUT2D eigenvalue weighted by Gasteiger charge is -2.05. The normalized spacial score (nSPS) is 11.0. The molecule has 0 atom stereocenters. The van der Waals surface area contributed by atoms with Gasteiger partial charge in [0.15, 0.2) is 11.6 Å². The van der Waals surface area contributed by atoms with Gasteiger partial charge in [0, 0.05) is 18.0 Å². The third kappa shape index (κ3) is 5.08. The Morgan fingerprint density at radius 2 is 1.41 bits per heavy atom. The van der Waals surface area contributed by atoms with Gasteiger partial charge in [0.25, 0.3) is 0 Å². The Morgan fingerprint density at radius 1 is 0.759 bits per heavy atom. The molecule has 2 aromatic carbocycles. The van der Waals surface area contributed by atoms with E-state index in [1.165, 1.54) is 17.2 Å². The molecule has 0 unspecified atom stereocenters. The van der Waals surface area contributed by atoms with Crippen LogP contribution in [0, 0.1) is 11.6 Å². The maximum Gasteiger partial charge on any atom is 0.159 e. The van der Waals surface area contributed by atoms with Crippen LogP contribution in [0.15, 0.2) is 73.1 Å². The van der Waals surface area contributed by atoms with Crippen LogP contribution in [0.3, 0.4) is 0 Å². The predicted octanol–water partition coefficient (Wildman–Crippen LogP) is 7.21. The van der Waals surface area contributed by atoms with Crippen LogP contribution >= 0.6 is 0 Å². The van der Waals surface area contributed by atoms with Crippen molar-refractivity contribution < 1.29 is 8.78 Å². The SMILES string of the molecule is CC(C)c1ccc(-c2cn3ccccc3n2)cc1.CC(C)c1ccc(F)c(F)c1. The van der Waals surface area contributed by atoms with E-state index in [1.807, 2.05) is 42.6 Å². The van der Waals surface area contributed by atoms with E-state index >= 15 is 0 Å². The molecule has 0 aliphatic carbocycles. The minimum atomic E-state index is -0.783. The topological polar surface area (TPSA) is 17.3 Å². The molecule has 4 aromatic rings. The van der Waals surface area contributed by atoms with Gasteiger partial charge in [-0.05, 0) is 47.2 Å². The number of fused-ring (bicyclic) bond motifs is 1. The molecule has 0 N–H and O–H groups in total. The van der Waals surface area contributed by atoms with Crippen molar-refractivity contribution in [3.8, 4) is 11.3 Å². The average molecular weight is 392 g/mol. The van der Waals surface area contributed by atoms with Gasteiger partial charge in [0.2, 0.25) is 0 Å². The smallest absolute Gasteiger partial charge is 0.159 e. The summed E-state index contributed by atoms with van der Waals surface area (Å²) in [6, 6.07) is 18.7. The number of pyridine rings is 1. The first kappa shape index (κ1) is 20.7. The number of benzene rings is 2. The van der Waals surface area contributed by atoms with Crippen molar-refractivity contribution in [2.45, 2.75) is 39.5 Å². The van der Waals surface area contributed by atoms with Crippen molar-refractivity contribution in [2.75, 3.05) is 0 Å². The van der Waals surface area contributed by atoms with Crippen LogP contribution in [0.5, 0.6) is 0 Å². The molecular formula is C25H26F2N2. The fraction of sp³-hybridized carbons (Fsp3) is 0.240. The van der Waals surface area contributed by atoms with Crippen LogP contribution in [0.1, 0.15) is 50.7 Å². The Kier molecular flexibility index (Phi) is 6.42. The highest BCUT2D eigenvalue weighted by Gasteiger charge is 2.05. The molecule has 0 fully saturated rings. The fourth-order valence-corrected chi connectivity index (χ4v) is 2.98. The van der Waals surface area contributed by atoms with Gasteiger partial charge in [-0.1, -0.05) is 64.1 Å². The van der Waals surface area contributed by atoms with Crippen LogP contribution in [0.25, 0.3) is 16.9 Å². The number of hydrogen-bond acceptors (Lipinski definition) is 1. The van der Waals surface area contributed by atoms with Gasteiger partial charge in [0.1, 0.15) is 5.65 Å². The summed E-state index contributed by atoms with van der Waals surface area (Å²) >= 11 is 0. The first-order chi connectivity index (χ1) is 13.8. The summed E-state index contributed by atoms with van der Waals surface area (Å²) in [6.45, 7) is 8.29. The molecule has 150 valence electrons. The second-order valence-corrected chi connectivity index (χ2v) is 7.70. The van der Waals surface area contributed by atoms with Gasteiger partial charge in [-0.25, -0.2) is 13.8 Å². The van der Waals surface area contributed by atoms with Crippen LogP contribution < -0.4 is 0 Å². The lowest BCUT2D eigenvalue weighted by Crippen LogP contribution is -1.90. The van der Waals surface area contributed by atoms with Gasteiger partial charge in [-0.3, -0.25) is 0 Å². The number of hydrogen-bond donors (Lipinski definition) is 0. The lowest BCUT2D eigenvalue weighted by atomic mass is 10.0. The summed E-state index contributed by atoms with van der Waals surface area (Å²) < 4.78 is 27.0. The third-order valence-corrected chi connectivity index (χ3v) is 4.85. The zero-order chi connectivity index (χ0) is 21.0. The Balaban J connectivity index is 0.000000188. The maximum atomic E-state index is 12.6. The first-order valence-corrected chi connectivity index (χ1v) is 9.84. The third-order valence-electron chi connectivity index (χ3n) is 4.85. The number of aromatic nitrogens is 2. The zero-order valence-electron chi connectivity index (χ0n) is 17.2. The molecule has 29 heavy (non-hydrogen) atoms. The van der Waals surface area contributed by atoms with Gasteiger partial charge in [-0.2, -0.15) is 0 Å². The molecule has 0 saturated carbocycles. The standard InChI is InChI=1S/C16H16N2.C9H10F2/c1-12(2)13-6-8-14(9-7-13)15-11-18-10-4-3-5-16(18)17-15;1-6(2)7-3-4-8(10)9(11)5-7/h3-12H,1-2H3;3-6H,1-2H3. The highest BCUT2D eigenvalue weighted by Crippen LogP contribution is 2.22. The zero-order valence-corrected chi connectivity index (χ0v) is 17.2. The fourth-order valence-electron chi connectivity index (χ4n) is 2.98. The summed E-state index contributed by atoms with van der Waals surface area (Å²) in [5, 5.41) is 0. The number of rotatable bonds is 3. The quantitative estimate of drug-likeness (QED) is 0.360. The minimum Gasteiger partial charge on any atom is -0.306 e. The highest BCUT2D eigenvalue weighted by atomic mass is 19.2. The Hall–Kier alpha value is -3.01.